The van der Waals surface area contributed by atoms with Crippen LogP contribution in [0.15, 0.2) is 16.6 Å². The molecule has 6 nitrogen and oxygen atoms in total. The van der Waals surface area contributed by atoms with E-state index in [1.54, 1.807) is 0 Å². The second-order valence-electron chi connectivity index (χ2n) is 8.34. The molecule has 31 heavy (non-hydrogen) atoms. The Morgan fingerprint density at radius 1 is 1.16 bits per heavy atom. The van der Waals surface area contributed by atoms with Gasteiger partial charge in [-0.1, -0.05) is 23.8 Å². The van der Waals surface area contributed by atoms with Crippen molar-refractivity contribution < 1.29 is 13.9 Å². The molecule has 0 saturated carbocycles. The molecule has 0 aliphatic carbocycles. The Bertz CT molecular complexity index is 1040. The second-order valence-corrected chi connectivity index (χ2v) is 9.51. The number of anilines is 1. The minimum Gasteiger partial charge on any atom is -0.489 e. The average Bonchev–Trinajstić information content (AvgIpc) is 3.10. The molecule has 2 atom stereocenters. The summed E-state index contributed by atoms with van der Waals surface area (Å²) in [5.41, 5.74) is 0.171. The first-order valence-corrected chi connectivity index (χ1v) is 12.0. The summed E-state index contributed by atoms with van der Waals surface area (Å²) in [5, 5.41) is 0.711. The number of allylic oxidation sites excluding steroid dienone is 1. The Hall–Kier alpha value is -1.64. The van der Waals surface area contributed by atoms with Crippen molar-refractivity contribution in [1.29, 1.82) is 0 Å². The minimum absolute atomic E-state index is 0.0602. The zero-order valence-corrected chi connectivity index (χ0v) is 19.8. The van der Waals surface area contributed by atoms with Crippen LogP contribution < -0.4 is 14.4 Å². The number of rotatable bonds is 1. The van der Waals surface area contributed by atoms with Gasteiger partial charge in [-0.2, -0.15) is 9.97 Å². The van der Waals surface area contributed by atoms with Crippen LogP contribution in [0.25, 0.3) is 10.9 Å². The molecule has 1 unspecified atom stereocenters. The standard InChI is InChI=1S/C22H25BrClFN4O2/c1-28-9-6-7-13(28)14-8-4-2-3-5-10-29-11-12-30-20-15-19(18(25)16(23)17(20)24)26-22(31-14)27-21(15)29/h2-3,13-14H,4-12H2,1H3/b3-2-/t13-,14?/m0/s1. The van der Waals surface area contributed by atoms with E-state index in [0.717, 1.165) is 45.2 Å². The van der Waals surface area contributed by atoms with Gasteiger partial charge in [0.15, 0.2) is 11.6 Å². The maximum atomic E-state index is 15.3. The molecule has 0 radical (unpaired) electrons. The van der Waals surface area contributed by atoms with Crippen molar-refractivity contribution >= 4 is 44.3 Å². The SMILES string of the molecule is CN1CCC[C@H]1C1CC/C=C\CCN2CCOc3c(Cl)c(Br)c(F)c4nc(nc2c34)O1. The molecule has 1 fully saturated rings. The van der Waals surface area contributed by atoms with Crippen LogP contribution in [0.4, 0.5) is 10.2 Å². The van der Waals surface area contributed by atoms with Crippen LogP contribution in [0.1, 0.15) is 32.1 Å². The van der Waals surface area contributed by atoms with E-state index in [1.165, 1.54) is 0 Å². The highest BCUT2D eigenvalue weighted by Crippen LogP contribution is 2.46. The second kappa shape index (κ2) is 8.71. The van der Waals surface area contributed by atoms with Gasteiger partial charge in [-0.05, 0) is 61.6 Å². The number of aromatic nitrogens is 2. The zero-order valence-electron chi connectivity index (χ0n) is 17.4. The van der Waals surface area contributed by atoms with Crippen molar-refractivity contribution in [2.75, 3.05) is 38.2 Å². The van der Waals surface area contributed by atoms with E-state index in [9.17, 15) is 0 Å². The number of likely N-dealkylation sites (N-methyl/N-ethyl adjacent to an activating group) is 1. The third kappa shape index (κ3) is 3.87. The Morgan fingerprint density at radius 2 is 2.00 bits per heavy atom. The van der Waals surface area contributed by atoms with E-state index in [1.807, 2.05) is 0 Å². The first-order valence-electron chi connectivity index (χ1n) is 10.8. The van der Waals surface area contributed by atoms with Crippen molar-refractivity contribution in [3.63, 3.8) is 0 Å². The predicted molar refractivity (Wildman–Crippen MR) is 123 cm³/mol. The lowest BCUT2D eigenvalue weighted by Crippen LogP contribution is -2.40. The van der Waals surface area contributed by atoms with Gasteiger partial charge in [-0.15, -0.1) is 0 Å². The van der Waals surface area contributed by atoms with Gasteiger partial charge in [0.2, 0.25) is 0 Å². The molecule has 9 heteroatoms. The molecular weight excluding hydrogens is 487 g/mol. The van der Waals surface area contributed by atoms with Gasteiger partial charge in [0.1, 0.15) is 29.1 Å². The van der Waals surface area contributed by atoms with Crippen molar-refractivity contribution in [3.8, 4) is 11.8 Å². The Kier molecular flexibility index (Phi) is 5.96. The van der Waals surface area contributed by atoms with Crippen molar-refractivity contribution in [2.24, 2.45) is 0 Å². The third-order valence-electron chi connectivity index (χ3n) is 6.41. The van der Waals surface area contributed by atoms with Crippen molar-refractivity contribution in [2.45, 2.75) is 44.2 Å². The number of halogens is 3. The molecule has 5 rings (SSSR count). The van der Waals surface area contributed by atoms with E-state index < -0.39 is 5.82 Å². The fourth-order valence-corrected chi connectivity index (χ4v) is 5.40. The number of nitrogens with zero attached hydrogens (tertiary/aromatic N) is 4. The predicted octanol–water partition coefficient (Wildman–Crippen LogP) is 4.97. The summed E-state index contributed by atoms with van der Waals surface area (Å²) >= 11 is 9.70. The highest BCUT2D eigenvalue weighted by atomic mass is 79.9. The van der Waals surface area contributed by atoms with Crippen molar-refractivity contribution in [1.82, 2.24) is 14.9 Å². The van der Waals surface area contributed by atoms with E-state index in [2.05, 4.69) is 49.9 Å². The highest BCUT2D eigenvalue weighted by Gasteiger charge is 2.33. The highest BCUT2D eigenvalue weighted by molar-refractivity contribution is 9.10. The van der Waals surface area contributed by atoms with Gasteiger partial charge < -0.3 is 14.4 Å². The van der Waals surface area contributed by atoms with E-state index in [4.69, 9.17) is 26.1 Å². The molecule has 3 aliphatic rings. The molecule has 1 aromatic heterocycles. The monoisotopic (exact) mass is 510 g/mol. The van der Waals surface area contributed by atoms with Crippen LogP contribution in [-0.4, -0.2) is 60.3 Å². The van der Waals surface area contributed by atoms with Crippen LogP contribution in [0.5, 0.6) is 11.8 Å². The lowest BCUT2D eigenvalue weighted by atomic mass is 10.0. The normalized spacial score (nSPS) is 25.5. The summed E-state index contributed by atoms with van der Waals surface area (Å²) in [6.45, 7) is 2.85. The number of ether oxygens (including phenoxy) is 2. The first-order chi connectivity index (χ1) is 15.0. The molecule has 166 valence electrons. The van der Waals surface area contributed by atoms with Crippen LogP contribution in [0, 0.1) is 5.82 Å². The molecule has 2 aromatic rings. The van der Waals surface area contributed by atoms with Gasteiger partial charge in [0.05, 0.1) is 16.4 Å². The van der Waals surface area contributed by atoms with E-state index in [0.29, 0.717) is 36.1 Å². The third-order valence-corrected chi connectivity index (χ3v) is 7.74. The lowest BCUT2D eigenvalue weighted by Gasteiger charge is -2.29. The Balaban J connectivity index is 1.68. The molecule has 2 bridgehead atoms. The smallest absolute Gasteiger partial charge is 0.319 e. The van der Waals surface area contributed by atoms with Gasteiger partial charge in [0, 0.05) is 12.6 Å². The van der Waals surface area contributed by atoms with Gasteiger partial charge in [0.25, 0.3) is 0 Å². The quantitative estimate of drug-likeness (QED) is 0.398. The number of fused-ring (bicyclic) bond motifs is 1. The molecule has 1 saturated heterocycles. The summed E-state index contributed by atoms with van der Waals surface area (Å²) in [6, 6.07) is 0.509. The maximum Gasteiger partial charge on any atom is 0.319 e. The molecule has 0 N–H and O–H groups in total. The summed E-state index contributed by atoms with van der Waals surface area (Å²) in [6.07, 6.45) is 9.27. The molecule has 0 amide bonds. The fourth-order valence-electron chi connectivity index (χ4n) is 4.80. The molecular formula is C22H25BrClFN4O2. The topological polar surface area (TPSA) is 50.7 Å². The van der Waals surface area contributed by atoms with E-state index in [-0.39, 0.29) is 27.1 Å². The average molecular weight is 512 g/mol. The summed E-state index contributed by atoms with van der Waals surface area (Å²) in [4.78, 5) is 13.7. The van der Waals surface area contributed by atoms with Crippen LogP contribution in [-0.2, 0) is 0 Å². The number of benzene rings is 1. The minimum atomic E-state index is -0.524. The molecule has 0 spiro atoms. The van der Waals surface area contributed by atoms with Crippen LogP contribution in [0.2, 0.25) is 5.02 Å². The Labute approximate surface area is 194 Å². The van der Waals surface area contributed by atoms with Crippen molar-refractivity contribution in [3.05, 3.63) is 27.5 Å². The zero-order chi connectivity index (χ0) is 21.5. The maximum absolute atomic E-state index is 15.3. The summed E-state index contributed by atoms with van der Waals surface area (Å²) in [7, 11) is 2.13. The molecule has 1 aromatic carbocycles. The molecule has 4 heterocycles. The number of hydrogen-bond donors (Lipinski definition) is 0. The summed E-state index contributed by atoms with van der Waals surface area (Å²) in [5.74, 6) is 0.515. The van der Waals surface area contributed by atoms with Gasteiger partial charge >= 0.3 is 6.01 Å². The van der Waals surface area contributed by atoms with Gasteiger partial charge in [-0.3, -0.25) is 4.90 Å². The van der Waals surface area contributed by atoms with E-state index >= 15 is 4.39 Å². The van der Waals surface area contributed by atoms with Gasteiger partial charge in [-0.25, -0.2) is 4.39 Å². The number of hydrogen-bond acceptors (Lipinski definition) is 6. The van der Waals surface area contributed by atoms with Crippen LogP contribution >= 0.6 is 27.5 Å². The van der Waals surface area contributed by atoms with Crippen LogP contribution in [0.3, 0.4) is 0 Å². The Morgan fingerprint density at radius 3 is 2.81 bits per heavy atom. The molecule has 3 aliphatic heterocycles. The largest absolute Gasteiger partial charge is 0.489 e. The number of likely N-dealkylation sites (tertiary alicyclic amines) is 1. The first kappa shape index (κ1) is 21.2. The fraction of sp³-hybridized carbons (Fsp3) is 0.545. The lowest BCUT2D eigenvalue weighted by molar-refractivity contribution is 0.0915. The summed E-state index contributed by atoms with van der Waals surface area (Å²) < 4.78 is 27.8.